The van der Waals surface area contributed by atoms with E-state index < -0.39 is 0 Å². The molecule has 1 aromatic heterocycles. The third-order valence-electron chi connectivity index (χ3n) is 3.84. The number of nitrogens with one attached hydrogen (secondary N) is 2. The van der Waals surface area contributed by atoms with Gasteiger partial charge in [-0.3, -0.25) is 4.98 Å². The highest BCUT2D eigenvalue weighted by Gasteiger charge is 2.18. The normalized spacial score (nSPS) is 18.2. The highest BCUT2D eigenvalue weighted by Crippen LogP contribution is 2.17. The number of hydrogen-bond donors (Lipinski definition) is 2. The molecule has 0 radical (unpaired) electrons. The molecule has 0 spiro atoms. The largest absolute Gasteiger partial charge is 0.323 e. The standard InChI is InChI=1S/C15H21N5O2S2/c21-14(19-1-5-23-6-2-19)17-12-9-13(11-16-10-12)18-15(22)20-3-7-24-8-4-20/h9-11H,1-8H2,(H,17,21)(H,18,22). The minimum atomic E-state index is -0.117. The van der Waals surface area contributed by atoms with Crippen LogP contribution in [0.5, 0.6) is 0 Å². The molecule has 9 heteroatoms. The van der Waals surface area contributed by atoms with Gasteiger partial charge in [0.05, 0.1) is 23.8 Å². The van der Waals surface area contributed by atoms with E-state index in [0.29, 0.717) is 11.4 Å². The Hall–Kier alpha value is -1.61. The zero-order chi connectivity index (χ0) is 16.8. The van der Waals surface area contributed by atoms with Crippen LogP contribution in [0.25, 0.3) is 0 Å². The van der Waals surface area contributed by atoms with Crippen molar-refractivity contribution in [3.63, 3.8) is 0 Å². The van der Waals surface area contributed by atoms with E-state index >= 15 is 0 Å². The molecule has 3 rings (SSSR count). The van der Waals surface area contributed by atoms with Crippen molar-refractivity contribution in [2.75, 3.05) is 59.8 Å². The van der Waals surface area contributed by atoms with Gasteiger partial charge in [0.2, 0.25) is 0 Å². The molecule has 7 nitrogen and oxygen atoms in total. The minimum Gasteiger partial charge on any atom is -0.323 e. The van der Waals surface area contributed by atoms with Crippen molar-refractivity contribution in [3.8, 4) is 0 Å². The van der Waals surface area contributed by atoms with Crippen molar-refractivity contribution in [3.05, 3.63) is 18.5 Å². The molecule has 2 aliphatic heterocycles. The van der Waals surface area contributed by atoms with Crippen molar-refractivity contribution in [1.82, 2.24) is 14.8 Å². The fraction of sp³-hybridized carbons (Fsp3) is 0.533. The lowest BCUT2D eigenvalue weighted by molar-refractivity contribution is 0.216. The molecule has 4 amide bonds. The zero-order valence-electron chi connectivity index (χ0n) is 13.4. The molecule has 130 valence electrons. The molecule has 3 heterocycles. The number of carbonyl (C=O) groups excluding carboxylic acids is 2. The molecule has 0 aromatic carbocycles. The Morgan fingerprint density at radius 1 is 0.833 bits per heavy atom. The maximum absolute atomic E-state index is 12.2. The fourth-order valence-corrected chi connectivity index (χ4v) is 4.32. The van der Waals surface area contributed by atoms with E-state index in [4.69, 9.17) is 0 Å². The number of anilines is 2. The summed E-state index contributed by atoms with van der Waals surface area (Å²) in [4.78, 5) is 32.2. The molecule has 0 atom stereocenters. The van der Waals surface area contributed by atoms with Gasteiger partial charge in [0, 0.05) is 49.2 Å². The lowest BCUT2D eigenvalue weighted by atomic mass is 10.3. The van der Waals surface area contributed by atoms with Crippen LogP contribution in [-0.2, 0) is 0 Å². The van der Waals surface area contributed by atoms with Gasteiger partial charge in [-0.05, 0) is 6.07 Å². The molecule has 24 heavy (non-hydrogen) atoms. The van der Waals surface area contributed by atoms with Gasteiger partial charge in [0.25, 0.3) is 0 Å². The number of nitrogens with zero attached hydrogens (tertiary/aromatic N) is 3. The Bertz CT molecular complexity index is 542. The summed E-state index contributed by atoms with van der Waals surface area (Å²) in [6.45, 7) is 3.03. The number of pyridine rings is 1. The zero-order valence-corrected chi connectivity index (χ0v) is 15.0. The van der Waals surface area contributed by atoms with Crippen molar-refractivity contribution in [2.24, 2.45) is 0 Å². The van der Waals surface area contributed by atoms with Crippen molar-refractivity contribution >= 4 is 47.0 Å². The van der Waals surface area contributed by atoms with Crippen LogP contribution in [0.15, 0.2) is 18.5 Å². The Labute approximate surface area is 149 Å². The molecule has 0 saturated carbocycles. The molecule has 0 aliphatic carbocycles. The van der Waals surface area contributed by atoms with Crippen LogP contribution in [0, 0.1) is 0 Å². The third-order valence-corrected chi connectivity index (χ3v) is 5.72. The highest BCUT2D eigenvalue weighted by atomic mass is 32.2. The summed E-state index contributed by atoms with van der Waals surface area (Å²) in [6.07, 6.45) is 3.17. The Kier molecular flexibility index (Phi) is 6.08. The lowest BCUT2D eigenvalue weighted by Crippen LogP contribution is -2.41. The summed E-state index contributed by atoms with van der Waals surface area (Å²) in [5, 5.41) is 5.70. The Morgan fingerprint density at radius 2 is 1.25 bits per heavy atom. The van der Waals surface area contributed by atoms with Crippen LogP contribution in [0.4, 0.5) is 21.0 Å². The first kappa shape index (κ1) is 17.2. The van der Waals surface area contributed by atoms with Gasteiger partial charge in [0.1, 0.15) is 0 Å². The van der Waals surface area contributed by atoms with Crippen LogP contribution in [0.2, 0.25) is 0 Å². The fourth-order valence-electron chi connectivity index (χ4n) is 2.51. The van der Waals surface area contributed by atoms with E-state index in [-0.39, 0.29) is 12.1 Å². The third kappa shape index (κ3) is 4.70. The number of thioether (sulfide) groups is 2. The van der Waals surface area contributed by atoms with Crippen LogP contribution in [0.1, 0.15) is 0 Å². The van der Waals surface area contributed by atoms with E-state index in [0.717, 1.165) is 49.2 Å². The van der Waals surface area contributed by atoms with Gasteiger partial charge >= 0.3 is 12.1 Å². The van der Waals surface area contributed by atoms with Gasteiger partial charge in [-0.25, -0.2) is 9.59 Å². The molecule has 2 fully saturated rings. The second kappa shape index (κ2) is 8.48. The highest BCUT2D eigenvalue weighted by molar-refractivity contribution is 7.99. The van der Waals surface area contributed by atoms with Crippen LogP contribution in [-0.4, -0.2) is 76.0 Å². The predicted octanol–water partition coefficient (Wildman–Crippen LogP) is 2.24. The molecule has 2 aliphatic rings. The molecule has 2 N–H and O–H groups in total. The van der Waals surface area contributed by atoms with Gasteiger partial charge in [-0.15, -0.1) is 0 Å². The molecule has 0 unspecified atom stereocenters. The number of rotatable bonds is 2. The second-order valence-corrected chi connectivity index (χ2v) is 7.97. The summed E-state index contributed by atoms with van der Waals surface area (Å²) in [7, 11) is 0. The first-order valence-electron chi connectivity index (χ1n) is 7.95. The molecule has 2 saturated heterocycles. The van der Waals surface area contributed by atoms with E-state index in [1.807, 2.05) is 23.5 Å². The number of hydrogen-bond acceptors (Lipinski definition) is 5. The summed E-state index contributed by atoms with van der Waals surface area (Å²) in [5.74, 6) is 3.87. The summed E-state index contributed by atoms with van der Waals surface area (Å²) >= 11 is 3.71. The quantitative estimate of drug-likeness (QED) is 0.838. The van der Waals surface area contributed by atoms with Gasteiger partial charge in [-0.1, -0.05) is 0 Å². The van der Waals surface area contributed by atoms with E-state index in [1.54, 1.807) is 28.3 Å². The summed E-state index contributed by atoms with van der Waals surface area (Å²) < 4.78 is 0. The van der Waals surface area contributed by atoms with E-state index in [2.05, 4.69) is 15.6 Å². The minimum absolute atomic E-state index is 0.117. The maximum Gasteiger partial charge on any atom is 0.321 e. The average molecular weight is 368 g/mol. The number of urea groups is 2. The first-order valence-corrected chi connectivity index (χ1v) is 10.3. The molecular formula is C15H21N5O2S2. The SMILES string of the molecule is O=C(Nc1cncc(NC(=O)N2CCSCC2)c1)N1CCSCC1. The van der Waals surface area contributed by atoms with Gasteiger partial charge in [0.15, 0.2) is 0 Å². The molecular weight excluding hydrogens is 346 g/mol. The molecule has 0 bridgehead atoms. The number of carbonyl (C=O) groups is 2. The summed E-state index contributed by atoms with van der Waals surface area (Å²) in [6, 6.07) is 1.50. The maximum atomic E-state index is 12.2. The van der Waals surface area contributed by atoms with Crippen LogP contribution >= 0.6 is 23.5 Å². The summed E-state index contributed by atoms with van der Waals surface area (Å²) in [5.41, 5.74) is 1.18. The predicted molar refractivity (Wildman–Crippen MR) is 100 cm³/mol. The molecule has 1 aromatic rings. The number of aromatic nitrogens is 1. The van der Waals surface area contributed by atoms with E-state index in [9.17, 15) is 9.59 Å². The van der Waals surface area contributed by atoms with Crippen LogP contribution < -0.4 is 10.6 Å². The van der Waals surface area contributed by atoms with Crippen molar-refractivity contribution in [2.45, 2.75) is 0 Å². The first-order chi connectivity index (χ1) is 11.7. The van der Waals surface area contributed by atoms with Crippen molar-refractivity contribution < 1.29 is 9.59 Å². The van der Waals surface area contributed by atoms with E-state index in [1.165, 1.54) is 0 Å². The Morgan fingerprint density at radius 3 is 1.67 bits per heavy atom. The van der Waals surface area contributed by atoms with Gasteiger partial charge in [-0.2, -0.15) is 23.5 Å². The number of amides is 4. The van der Waals surface area contributed by atoms with Crippen LogP contribution in [0.3, 0.4) is 0 Å². The monoisotopic (exact) mass is 367 g/mol. The smallest absolute Gasteiger partial charge is 0.321 e. The lowest BCUT2D eigenvalue weighted by Gasteiger charge is -2.27. The van der Waals surface area contributed by atoms with Gasteiger partial charge < -0.3 is 20.4 Å². The Balaban J connectivity index is 1.57. The average Bonchev–Trinajstić information content (AvgIpc) is 2.63. The van der Waals surface area contributed by atoms with Crippen molar-refractivity contribution in [1.29, 1.82) is 0 Å². The topological polar surface area (TPSA) is 77.6 Å². The second-order valence-electron chi connectivity index (χ2n) is 5.52.